The Hall–Kier alpha value is -2.82. The lowest BCUT2D eigenvalue weighted by Gasteiger charge is -2.19. The molecular weight excluding hydrogens is 340 g/mol. The van der Waals surface area contributed by atoms with Crippen LogP contribution in [-0.2, 0) is 16.8 Å². The molecule has 0 saturated carbocycles. The number of carbonyl (C=O) groups excluding carboxylic acids is 2. The summed E-state index contributed by atoms with van der Waals surface area (Å²) in [4.78, 5) is 24.6. The van der Waals surface area contributed by atoms with Gasteiger partial charge in [0.15, 0.2) is 0 Å². The van der Waals surface area contributed by atoms with Crippen molar-refractivity contribution >= 4 is 11.8 Å². The number of benzene rings is 2. The minimum Gasteiger partial charge on any atom is -0.497 e. The maximum absolute atomic E-state index is 12.4. The fraction of sp³-hybridized carbons (Fsp3) is 0.364. The standard InChI is InChI=1S/C22H28N2O3/c1-15(20(25)23-14-16-7-6-8-19(13-16)27-5)24-21(26)17-9-11-18(12-10-17)22(2,3)4/h6-13,15H,14H2,1-5H3,(H,23,25)(H,24,26). The second-order valence-corrected chi connectivity index (χ2v) is 7.59. The van der Waals surface area contributed by atoms with Crippen LogP contribution in [0.2, 0.25) is 0 Å². The Morgan fingerprint density at radius 1 is 1.07 bits per heavy atom. The maximum atomic E-state index is 12.4. The molecule has 2 aromatic carbocycles. The van der Waals surface area contributed by atoms with Crippen LogP contribution in [0.25, 0.3) is 0 Å². The molecule has 2 aromatic rings. The van der Waals surface area contributed by atoms with Crippen LogP contribution in [0.15, 0.2) is 48.5 Å². The minimum atomic E-state index is -0.634. The zero-order valence-corrected chi connectivity index (χ0v) is 16.6. The van der Waals surface area contributed by atoms with Gasteiger partial charge in [0.05, 0.1) is 7.11 Å². The van der Waals surface area contributed by atoms with E-state index >= 15 is 0 Å². The van der Waals surface area contributed by atoms with Crippen molar-refractivity contribution in [3.05, 3.63) is 65.2 Å². The highest BCUT2D eigenvalue weighted by atomic mass is 16.5. The number of nitrogens with one attached hydrogen (secondary N) is 2. The van der Waals surface area contributed by atoms with Crippen LogP contribution >= 0.6 is 0 Å². The minimum absolute atomic E-state index is 0.0301. The zero-order chi connectivity index (χ0) is 20.0. The van der Waals surface area contributed by atoms with E-state index < -0.39 is 6.04 Å². The summed E-state index contributed by atoms with van der Waals surface area (Å²) in [5.74, 6) is 0.235. The summed E-state index contributed by atoms with van der Waals surface area (Å²) in [6, 6.07) is 14.3. The third-order valence-corrected chi connectivity index (χ3v) is 4.35. The van der Waals surface area contributed by atoms with Gasteiger partial charge in [-0.2, -0.15) is 0 Å². The number of hydrogen-bond donors (Lipinski definition) is 2. The molecule has 5 nitrogen and oxygen atoms in total. The molecule has 0 fully saturated rings. The predicted octanol–water partition coefficient (Wildman–Crippen LogP) is 3.43. The van der Waals surface area contributed by atoms with E-state index in [1.165, 1.54) is 0 Å². The van der Waals surface area contributed by atoms with Crippen molar-refractivity contribution in [3.63, 3.8) is 0 Å². The second kappa shape index (κ2) is 8.71. The summed E-state index contributed by atoms with van der Waals surface area (Å²) in [6.07, 6.45) is 0. The SMILES string of the molecule is COc1cccc(CNC(=O)C(C)NC(=O)c2ccc(C(C)(C)C)cc2)c1. The molecular formula is C22H28N2O3. The van der Waals surface area contributed by atoms with Crippen LogP contribution in [0.5, 0.6) is 5.75 Å². The second-order valence-electron chi connectivity index (χ2n) is 7.59. The maximum Gasteiger partial charge on any atom is 0.251 e. The summed E-state index contributed by atoms with van der Waals surface area (Å²) in [5.41, 5.74) is 2.65. The molecule has 0 spiro atoms. The highest BCUT2D eigenvalue weighted by Gasteiger charge is 2.18. The highest BCUT2D eigenvalue weighted by Crippen LogP contribution is 2.22. The zero-order valence-electron chi connectivity index (χ0n) is 16.6. The topological polar surface area (TPSA) is 67.4 Å². The molecule has 0 aromatic heterocycles. The van der Waals surface area contributed by atoms with E-state index in [0.29, 0.717) is 12.1 Å². The van der Waals surface area contributed by atoms with E-state index in [9.17, 15) is 9.59 Å². The van der Waals surface area contributed by atoms with Gasteiger partial charge in [0.1, 0.15) is 11.8 Å². The van der Waals surface area contributed by atoms with Gasteiger partial charge in [-0.1, -0.05) is 45.0 Å². The first kappa shape index (κ1) is 20.5. The first-order valence-corrected chi connectivity index (χ1v) is 9.03. The Kier molecular flexibility index (Phi) is 6.61. The average molecular weight is 368 g/mol. The fourth-order valence-corrected chi connectivity index (χ4v) is 2.59. The molecule has 0 aliphatic rings. The Balaban J connectivity index is 1.90. The van der Waals surface area contributed by atoms with E-state index in [1.54, 1.807) is 26.2 Å². The molecule has 0 aliphatic heterocycles. The van der Waals surface area contributed by atoms with Crippen LogP contribution in [0.3, 0.4) is 0 Å². The van der Waals surface area contributed by atoms with E-state index in [1.807, 2.05) is 36.4 Å². The molecule has 144 valence electrons. The molecule has 0 saturated heterocycles. The van der Waals surface area contributed by atoms with Crippen molar-refractivity contribution in [2.45, 2.75) is 45.7 Å². The third-order valence-electron chi connectivity index (χ3n) is 4.35. The average Bonchev–Trinajstić information content (AvgIpc) is 2.65. The first-order valence-electron chi connectivity index (χ1n) is 9.03. The molecule has 0 bridgehead atoms. The van der Waals surface area contributed by atoms with E-state index in [0.717, 1.165) is 16.9 Å². The normalized spacial score (nSPS) is 12.2. The van der Waals surface area contributed by atoms with E-state index in [4.69, 9.17) is 4.74 Å². The fourth-order valence-electron chi connectivity index (χ4n) is 2.59. The predicted molar refractivity (Wildman–Crippen MR) is 107 cm³/mol. The Bertz CT molecular complexity index is 792. The molecule has 1 atom stereocenters. The number of hydrogen-bond acceptors (Lipinski definition) is 3. The van der Waals surface area contributed by atoms with Gasteiger partial charge in [0.2, 0.25) is 5.91 Å². The largest absolute Gasteiger partial charge is 0.497 e. The van der Waals surface area contributed by atoms with Gasteiger partial charge in [-0.3, -0.25) is 9.59 Å². The van der Waals surface area contributed by atoms with Crippen LogP contribution in [0, 0.1) is 0 Å². The number of rotatable bonds is 6. The van der Waals surface area contributed by atoms with Crippen LogP contribution in [0.1, 0.15) is 49.2 Å². The lowest BCUT2D eigenvalue weighted by atomic mass is 9.86. The smallest absolute Gasteiger partial charge is 0.251 e. The lowest BCUT2D eigenvalue weighted by Crippen LogP contribution is -2.44. The molecule has 0 aliphatic carbocycles. The van der Waals surface area contributed by atoms with Gasteiger partial charge in [-0.15, -0.1) is 0 Å². The molecule has 1 unspecified atom stereocenters. The monoisotopic (exact) mass is 368 g/mol. The number of amides is 2. The Morgan fingerprint density at radius 2 is 1.74 bits per heavy atom. The molecule has 2 N–H and O–H groups in total. The van der Waals surface area contributed by atoms with Gasteiger partial charge >= 0.3 is 0 Å². The Labute approximate surface area is 161 Å². The summed E-state index contributed by atoms with van der Waals surface area (Å²) >= 11 is 0. The van der Waals surface area contributed by atoms with Crippen molar-refractivity contribution in [3.8, 4) is 5.75 Å². The molecule has 0 heterocycles. The molecule has 27 heavy (non-hydrogen) atoms. The molecule has 2 amide bonds. The van der Waals surface area contributed by atoms with E-state index in [2.05, 4.69) is 31.4 Å². The lowest BCUT2D eigenvalue weighted by molar-refractivity contribution is -0.122. The number of ether oxygens (including phenoxy) is 1. The first-order chi connectivity index (χ1) is 12.7. The molecule has 2 rings (SSSR count). The highest BCUT2D eigenvalue weighted by molar-refractivity contribution is 5.97. The van der Waals surface area contributed by atoms with Crippen LogP contribution in [0.4, 0.5) is 0 Å². The van der Waals surface area contributed by atoms with Gasteiger partial charge < -0.3 is 15.4 Å². The van der Waals surface area contributed by atoms with Gasteiger partial charge in [-0.05, 0) is 47.7 Å². The van der Waals surface area contributed by atoms with Crippen LogP contribution < -0.4 is 15.4 Å². The number of carbonyl (C=O) groups is 2. The summed E-state index contributed by atoms with van der Waals surface area (Å²) in [5, 5.41) is 5.56. The van der Waals surface area contributed by atoms with E-state index in [-0.39, 0.29) is 17.2 Å². The summed E-state index contributed by atoms with van der Waals surface area (Å²) < 4.78 is 5.17. The third kappa shape index (κ3) is 5.84. The van der Waals surface area contributed by atoms with Crippen molar-refractivity contribution in [2.24, 2.45) is 0 Å². The van der Waals surface area contributed by atoms with Crippen molar-refractivity contribution in [1.82, 2.24) is 10.6 Å². The molecule has 5 heteroatoms. The Morgan fingerprint density at radius 3 is 2.33 bits per heavy atom. The number of methoxy groups -OCH3 is 1. The van der Waals surface area contributed by atoms with Crippen LogP contribution in [-0.4, -0.2) is 25.0 Å². The quantitative estimate of drug-likeness (QED) is 0.821. The summed E-state index contributed by atoms with van der Waals surface area (Å²) in [6.45, 7) is 8.41. The van der Waals surface area contributed by atoms with Gasteiger partial charge in [0.25, 0.3) is 5.91 Å². The van der Waals surface area contributed by atoms with Gasteiger partial charge in [-0.25, -0.2) is 0 Å². The van der Waals surface area contributed by atoms with Crippen molar-refractivity contribution in [1.29, 1.82) is 0 Å². The van der Waals surface area contributed by atoms with Gasteiger partial charge in [0, 0.05) is 12.1 Å². The van der Waals surface area contributed by atoms with Crippen molar-refractivity contribution < 1.29 is 14.3 Å². The van der Waals surface area contributed by atoms with Crippen molar-refractivity contribution in [2.75, 3.05) is 7.11 Å². The molecule has 0 radical (unpaired) electrons. The summed E-state index contributed by atoms with van der Waals surface area (Å²) in [7, 11) is 1.60.